The molecule has 1 aromatic carbocycles. The molecule has 4 nitrogen and oxygen atoms in total. The van der Waals surface area contributed by atoms with Crippen LogP contribution in [0.2, 0.25) is 0 Å². The topological polar surface area (TPSA) is 69.4 Å². The van der Waals surface area contributed by atoms with Crippen molar-refractivity contribution < 1.29 is 13.2 Å². The molecular weight excluding hydrogens is 202 g/mol. The van der Waals surface area contributed by atoms with Crippen LogP contribution in [0.4, 0.5) is 0 Å². The van der Waals surface area contributed by atoms with Crippen LogP contribution in [-0.4, -0.2) is 15.5 Å². The predicted molar refractivity (Wildman–Crippen MR) is 53.3 cm³/mol. The van der Waals surface area contributed by atoms with Gasteiger partial charge in [0.2, 0.25) is 10.0 Å². The van der Waals surface area contributed by atoms with Gasteiger partial charge in [-0.25, -0.2) is 13.6 Å². The van der Waals surface area contributed by atoms with Crippen LogP contribution in [0.1, 0.15) is 11.1 Å². The van der Waals surface area contributed by atoms with E-state index in [-0.39, 0.29) is 11.5 Å². The van der Waals surface area contributed by atoms with E-state index in [0.29, 0.717) is 5.56 Å². The molecule has 0 amide bonds. The second kappa shape index (κ2) is 4.08. The zero-order valence-corrected chi connectivity index (χ0v) is 8.97. The van der Waals surface area contributed by atoms with Crippen molar-refractivity contribution in [3.8, 4) is 0 Å². The van der Waals surface area contributed by atoms with Gasteiger partial charge in [0, 0.05) is 7.11 Å². The summed E-state index contributed by atoms with van der Waals surface area (Å²) < 4.78 is 27.3. The maximum Gasteiger partial charge on any atom is 0.238 e. The Hall–Kier alpha value is -0.910. The van der Waals surface area contributed by atoms with Gasteiger partial charge in [0.25, 0.3) is 0 Å². The molecule has 0 spiro atoms. The minimum absolute atomic E-state index is 0.138. The van der Waals surface area contributed by atoms with Crippen LogP contribution >= 0.6 is 0 Å². The van der Waals surface area contributed by atoms with Crippen molar-refractivity contribution in [3.63, 3.8) is 0 Å². The fraction of sp³-hybridized carbons (Fsp3) is 0.333. The van der Waals surface area contributed by atoms with Gasteiger partial charge in [-0.15, -0.1) is 0 Å². The van der Waals surface area contributed by atoms with Crippen LogP contribution < -0.4 is 5.14 Å². The van der Waals surface area contributed by atoms with Crippen molar-refractivity contribution in [2.75, 3.05) is 7.11 Å². The first-order valence-corrected chi connectivity index (χ1v) is 5.61. The summed E-state index contributed by atoms with van der Waals surface area (Å²) in [5, 5.41) is 5.07. The molecule has 78 valence electrons. The lowest BCUT2D eigenvalue weighted by Gasteiger charge is -2.07. The average molecular weight is 215 g/mol. The van der Waals surface area contributed by atoms with Crippen molar-refractivity contribution in [3.05, 3.63) is 29.3 Å². The Morgan fingerprint density at radius 1 is 1.43 bits per heavy atom. The van der Waals surface area contributed by atoms with E-state index in [1.165, 1.54) is 7.11 Å². The van der Waals surface area contributed by atoms with Crippen LogP contribution in [0, 0.1) is 6.92 Å². The number of methoxy groups -OCH3 is 1. The zero-order valence-electron chi connectivity index (χ0n) is 8.15. The van der Waals surface area contributed by atoms with Gasteiger partial charge in [0.1, 0.15) is 0 Å². The first kappa shape index (κ1) is 11.2. The molecule has 0 aromatic heterocycles. The first-order valence-electron chi connectivity index (χ1n) is 4.06. The Balaban J connectivity index is 3.30. The highest BCUT2D eigenvalue weighted by Crippen LogP contribution is 2.16. The molecular formula is C9H13NO3S. The Labute approximate surface area is 83.7 Å². The number of primary sulfonamides is 1. The number of benzene rings is 1. The lowest BCUT2D eigenvalue weighted by atomic mass is 10.2. The normalized spacial score (nSPS) is 11.6. The number of sulfonamides is 1. The van der Waals surface area contributed by atoms with Crippen LogP contribution in [0.15, 0.2) is 23.1 Å². The molecule has 0 aliphatic rings. The van der Waals surface area contributed by atoms with Gasteiger partial charge in [-0.1, -0.05) is 12.1 Å². The zero-order chi connectivity index (χ0) is 10.8. The van der Waals surface area contributed by atoms with E-state index in [9.17, 15) is 8.42 Å². The molecule has 0 unspecified atom stereocenters. The maximum atomic E-state index is 11.2. The van der Waals surface area contributed by atoms with Crippen LogP contribution in [0.3, 0.4) is 0 Å². The monoisotopic (exact) mass is 215 g/mol. The van der Waals surface area contributed by atoms with E-state index >= 15 is 0 Å². The largest absolute Gasteiger partial charge is 0.380 e. The molecule has 2 N–H and O–H groups in total. The number of nitrogens with two attached hydrogens (primary N) is 1. The van der Waals surface area contributed by atoms with Gasteiger partial charge >= 0.3 is 0 Å². The van der Waals surface area contributed by atoms with E-state index in [4.69, 9.17) is 9.88 Å². The Morgan fingerprint density at radius 2 is 2.07 bits per heavy atom. The van der Waals surface area contributed by atoms with Gasteiger partial charge in [0.05, 0.1) is 11.5 Å². The molecule has 0 fully saturated rings. The molecule has 0 radical (unpaired) electrons. The van der Waals surface area contributed by atoms with Gasteiger partial charge < -0.3 is 4.74 Å². The minimum Gasteiger partial charge on any atom is -0.380 e. The summed E-state index contributed by atoms with van der Waals surface area (Å²) >= 11 is 0. The molecule has 0 atom stereocenters. The van der Waals surface area contributed by atoms with Crippen molar-refractivity contribution >= 4 is 10.0 Å². The molecule has 14 heavy (non-hydrogen) atoms. The third-order valence-electron chi connectivity index (χ3n) is 1.83. The van der Waals surface area contributed by atoms with Gasteiger partial charge in [-0.3, -0.25) is 0 Å². The Morgan fingerprint density at radius 3 is 2.57 bits per heavy atom. The summed E-state index contributed by atoms with van der Waals surface area (Å²) in [7, 11) is -2.15. The number of ether oxygens (including phenoxy) is 1. The third-order valence-corrected chi connectivity index (χ3v) is 2.82. The molecule has 0 bridgehead atoms. The Bertz CT molecular complexity index is 426. The third kappa shape index (κ3) is 2.54. The minimum atomic E-state index is -3.66. The van der Waals surface area contributed by atoms with E-state index in [2.05, 4.69) is 0 Å². The second-order valence-electron chi connectivity index (χ2n) is 3.09. The first-order chi connectivity index (χ1) is 6.45. The van der Waals surface area contributed by atoms with E-state index in [1.807, 2.05) is 13.0 Å². The van der Waals surface area contributed by atoms with Gasteiger partial charge in [-0.2, -0.15) is 0 Å². The van der Waals surface area contributed by atoms with E-state index in [0.717, 1.165) is 5.56 Å². The summed E-state index contributed by atoms with van der Waals surface area (Å²) in [4.78, 5) is 0.138. The SMILES string of the molecule is COCc1ccc(C)cc1S(N)(=O)=O. The summed E-state index contributed by atoms with van der Waals surface area (Å²) in [6, 6.07) is 5.07. The lowest BCUT2D eigenvalue weighted by Crippen LogP contribution is -2.15. The number of rotatable bonds is 3. The predicted octanol–water partition coefficient (Wildman–Crippen LogP) is 0.789. The fourth-order valence-corrected chi connectivity index (χ4v) is 2.04. The summed E-state index contributed by atoms with van der Waals surface area (Å²) in [5.41, 5.74) is 1.44. The molecule has 0 saturated heterocycles. The van der Waals surface area contributed by atoms with Gasteiger partial charge in [0.15, 0.2) is 0 Å². The quantitative estimate of drug-likeness (QED) is 0.810. The van der Waals surface area contributed by atoms with Crippen molar-refractivity contribution in [2.45, 2.75) is 18.4 Å². The molecule has 1 rings (SSSR count). The highest BCUT2D eigenvalue weighted by atomic mass is 32.2. The number of aryl methyl sites for hydroxylation is 1. The van der Waals surface area contributed by atoms with Crippen molar-refractivity contribution in [1.29, 1.82) is 0 Å². The standard InChI is InChI=1S/C9H13NO3S/c1-7-3-4-8(6-13-2)9(5-7)14(10,11)12/h3-5H,6H2,1-2H3,(H2,10,11,12). The number of hydrogen-bond acceptors (Lipinski definition) is 3. The van der Waals surface area contributed by atoms with Crippen molar-refractivity contribution in [2.24, 2.45) is 5.14 Å². The van der Waals surface area contributed by atoms with Crippen LogP contribution in [-0.2, 0) is 21.4 Å². The summed E-state index contributed by atoms with van der Waals surface area (Å²) in [6.07, 6.45) is 0. The summed E-state index contributed by atoms with van der Waals surface area (Å²) in [5.74, 6) is 0. The molecule has 0 aliphatic carbocycles. The lowest BCUT2D eigenvalue weighted by molar-refractivity contribution is 0.182. The van der Waals surface area contributed by atoms with E-state index < -0.39 is 10.0 Å². The maximum absolute atomic E-state index is 11.2. The highest BCUT2D eigenvalue weighted by Gasteiger charge is 2.13. The molecule has 0 aliphatic heterocycles. The molecule has 0 heterocycles. The van der Waals surface area contributed by atoms with Crippen LogP contribution in [0.5, 0.6) is 0 Å². The molecule has 1 aromatic rings. The molecule has 0 saturated carbocycles. The smallest absolute Gasteiger partial charge is 0.238 e. The van der Waals surface area contributed by atoms with Gasteiger partial charge in [-0.05, 0) is 24.1 Å². The fourth-order valence-electron chi connectivity index (χ4n) is 1.20. The average Bonchev–Trinajstić information content (AvgIpc) is 2.07. The highest BCUT2D eigenvalue weighted by molar-refractivity contribution is 7.89. The Kier molecular flexibility index (Phi) is 3.25. The second-order valence-corrected chi connectivity index (χ2v) is 4.62. The van der Waals surface area contributed by atoms with Crippen LogP contribution in [0.25, 0.3) is 0 Å². The molecule has 5 heteroatoms. The number of hydrogen-bond donors (Lipinski definition) is 1. The summed E-state index contributed by atoms with van der Waals surface area (Å²) in [6.45, 7) is 2.05. The van der Waals surface area contributed by atoms with Crippen molar-refractivity contribution in [1.82, 2.24) is 0 Å². The van der Waals surface area contributed by atoms with E-state index in [1.54, 1.807) is 12.1 Å².